The second-order valence-corrected chi connectivity index (χ2v) is 5.89. The molecule has 5 heteroatoms. The van der Waals surface area contributed by atoms with Crippen molar-refractivity contribution < 1.29 is 4.79 Å². The average molecular weight is 343 g/mol. The quantitative estimate of drug-likeness (QED) is 0.760. The van der Waals surface area contributed by atoms with Crippen LogP contribution in [0.25, 0.3) is 0 Å². The number of hydrogen-bond acceptors (Lipinski definition) is 1. The molecule has 110 valence electrons. The molecule has 2 aromatic carbocycles. The molecule has 0 heterocycles. The van der Waals surface area contributed by atoms with Gasteiger partial charge in [0.25, 0.3) is 5.91 Å². The Morgan fingerprint density at radius 1 is 0.952 bits per heavy atom. The maximum Gasteiger partial charge on any atom is 0.252 e. The van der Waals surface area contributed by atoms with Crippen LogP contribution in [-0.4, -0.2) is 12.5 Å². The van der Waals surface area contributed by atoms with E-state index >= 15 is 0 Å². The number of carbonyl (C=O) groups excluding carboxylic acids is 1. The highest BCUT2D eigenvalue weighted by Crippen LogP contribution is 2.20. The summed E-state index contributed by atoms with van der Waals surface area (Å²) in [4.78, 5) is 12.0. The summed E-state index contributed by atoms with van der Waals surface area (Å²) >= 11 is 17.6. The van der Waals surface area contributed by atoms with E-state index in [1.807, 2.05) is 24.3 Å². The Labute approximate surface area is 139 Å². The minimum atomic E-state index is -0.187. The Bertz CT molecular complexity index is 626. The van der Waals surface area contributed by atoms with E-state index in [0.717, 1.165) is 17.9 Å². The fourth-order valence-electron chi connectivity index (χ4n) is 1.91. The zero-order valence-corrected chi connectivity index (χ0v) is 13.5. The first-order valence-corrected chi connectivity index (χ1v) is 7.67. The van der Waals surface area contributed by atoms with Gasteiger partial charge in [-0.1, -0.05) is 46.9 Å². The van der Waals surface area contributed by atoms with E-state index in [4.69, 9.17) is 34.8 Å². The Kier molecular flexibility index (Phi) is 5.92. The summed E-state index contributed by atoms with van der Waals surface area (Å²) in [6.07, 6.45) is 1.73. The van der Waals surface area contributed by atoms with Crippen molar-refractivity contribution >= 4 is 40.7 Å². The third-order valence-corrected chi connectivity index (χ3v) is 3.82. The Morgan fingerprint density at radius 3 is 2.29 bits per heavy atom. The predicted molar refractivity (Wildman–Crippen MR) is 88.6 cm³/mol. The molecule has 0 fully saturated rings. The van der Waals surface area contributed by atoms with Gasteiger partial charge in [0.2, 0.25) is 0 Å². The maximum absolute atomic E-state index is 12.0. The van der Waals surface area contributed by atoms with Gasteiger partial charge in [0, 0.05) is 16.6 Å². The highest BCUT2D eigenvalue weighted by atomic mass is 35.5. The first-order chi connectivity index (χ1) is 10.1. The predicted octanol–water partition coefficient (Wildman–Crippen LogP) is 5.01. The molecule has 2 rings (SSSR count). The summed E-state index contributed by atoms with van der Waals surface area (Å²) < 4.78 is 0. The van der Waals surface area contributed by atoms with Gasteiger partial charge < -0.3 is 5.32 Å². The molecule has 0 radical (unpaired) electrons. The van der Waals surface area contributed by atoms with Crippen LogP contribution in [0.1, 0.15) is 22.3 Å². The molecular weight excluding hydrogens is 329 g/mol. The standard InChI is InChI=1S/C16H14Cl3NO/c17-12-5-3-11(4-6-12)2-1-9-20-16(21)14-8-7-13(18)10-15(14)19/h3-8,10H,1-2,9H2,(H,20,21). The van der Waals surface area contributed by atoms with Crippen LogP contribution >= 0.6 is 34.8 Å². The molecule has 0 spiro atoms. The van der Waals surface area contributed by atoms with E-state index in [9.17, 15) is 4.79 Å². The fourth-order valence-corrected chi connectivity index (χ4v) is 2.53. The summed E-state index contributed by atoms with van der Waals surface area (Å²) in [6.45, 7) is 0.584. The third-order valence-electron chi connectivity index (χ3n) is 3.02. The molecule has 21 heavy (non-hydrogen) atoms. The Morgan fingerprint density at radius 2 is 1.62 bits per heavy atom. The molecule has 1 N–H and O–H groups in total. The fraction of sp³-hybridized carbons (Fsp3) is 0.188. The van der Waals surface area contributed by atoms with Gasteiger partial charge in [-0.05, 0) is 48.7 Å². The molecule has 0 bridgehead atoms. The van der Waals surface area contributed by atoms with Gasteiger partial charge in [-0.25, -0.2) is 0 Å². The Hall–Kier alpha value is -1.22. The van der Waals surface area contributed by atoms with Crippen LogP contribution < -0.4 is 5.32 Å². The summed E-state index contributed by atoms with van der Waals surface area (Å²) in [6, 6.07) is 12.5. The lowest BCUT2D eigenvalue weighted by Gasteiger charge is -2.07. The highest BCUT2D eigenvalue weighted by Gasteiger charge is 2.09. The minimum absolute atomic E-state index is 0.187. The number of carbonyl (C=O) groups is 1. The summed E-state index contributed by atoms with van der Waals surface area (Å²) in [7, 11) is 0. The zero-order chi connectivity index (χ0) is 15.2. The van der Waals surface area contributed by atoms with E-state index in [1.165, 1.54) is 5.56 Å². The molecule has 0 atom stereocenters. The monoisotopic (exact) mass is 341 g/mol. The van der Waals surface area contributed by atoms with Gasteiger partial charge in [0.1, 0.15) is 0 Å². The lowest BCUT2D eigenvalue weighted by Crippen LogP contribution is -2.25. The van der Waals surface area contributed by atoms with Gasteiger partial charge in [-0.3, -0.25) is 4.79 Å². The first kappa shape index (κ1) is 16.2. The van der Waals surface area contributed by atoms with Gasteiger partial charge in [0.15, 0.2) is 0 Å². The second kappa shape index (κ2) is 7.69. The molecule has 2 aromatic rings. The van der Waals surface area contributed by atoms with Crippen LogP contribution in [-0.2, 0) is 6.42 Å². The van der Waals surface area contributed by atoms with E-state index in [0.29, 0.717) is 22.2 Å². The SMILES string of the molecule is O=C(NCCCc1ccc(Cl)cc1)c1ccc(Cl)cc1Cl. The second-order valence-electron chi connectivity index (χ2n) is 4.61. The van der Waals surface area contributed by atoms with Crippen molar-refractivity contribution in [2.24, 2.45) is 0 Å². The van der Waals surface area contributed by atoms with Gasteiger partial charge in [-0.15, -0.1) is 0 Å². The van der Waals surface area contributed by atoms with E-state index in [1.54, 1.807) is 18.2 Å². The van der Waals surface area contributed by atoms with Crippen molar-refractivity contribution in [1.29, 1.82) is 0 Å². The lowest BCUT2D eigenvalue weighted by atomic mass is 10.1. The molecule has 2 nitrogen and oxygen atoms in total. The Balaban J connectivity index is 1.80. The summed E-state index contributed by atoms with van der Waals surface area (Å²) in [5.41, 5.74) is 1.63. The number of amides is 1. The molecule has 0 aromatic heterocycles. The van der Waals surface area contributed by atoms with Gasteiger partial charge in [0.05, 0.1) is 10.6 Å². The number of benzene rings is 2. The first-order valence-electron chi connectivity index (χ1n) is 6.54. The molecule has 0 aliphatic carbocycles. The maximum atomic E-state index is 12.0. The number of halogens is 3. The molecule has 0 aliphatic rings. The topological polar surface area (TPSA) is 29.1 Å². The third kappa shape index (κ3) is 4.92. The smallest absolute Gasteiger partial charge is 0.252 e. The molecular formula is C16H14Cl3NO. The van der Waals surface area contributed by atoms with Crippen molar-refractivity contribution in [1.82, 2.24) is 5.32 Å². The van der Waals surface area contributed by atoms with Crippen molar-refractivity contribution in [3.8, 4) is 0 Å². The zero-order valence-electron chi connectivity index (χ0n) is 11.2. The van der Waals surface area contributed by atoms with Crippen LogP contribution in [0, 0.1) is 0 Å². The van der Waals surface area contributed by atoms with Crippen LogP contribution in [0.2, 0.25) is 15.1 Å². The van der Waals surface area contributed by atoms with Crippen molar-refractivity contribution in [3.63, 3.8) is 0 Å². The molecule has 0 saturated carbocycles. The molecule has 0 aliphatic heterocycles. The highest BCUT2D eigenvalue weighted by molar-refractivity contribution is 6.36. The normalized spacial score (nSPS) is 10.4. The van der Waals surface area contributed by atoms with Crippen LogP contribution in [0.15, 0.2) is 42.5 Å². The summed E-state index contributed by atoms with van der Waals surface area (Å²) in [5, 5.41) is 4.45. The number of hydrogen-bond donors (Lipinski definition) is 1. The van der Waals surface area contributed by atoms with Crippen molar-refractivity contribution in [2.45, 2.75) is 12.8 Å². The van der Waals surface area contributed by atoms with Crippen LogP contribution in [0.5, 0.6) is 0 Å². The van der Waals surface area contributed by atoms with Crippen molar-refractivity contribution in [2.75, 3.05) is 6.54 Å². The number of aryl methyl sites for hydroxylation is 1. The van der Waals surface area contributed by atoms with Crippen molar-refractivity contribution in [3.05, 3.63) is 68.7 Å². The van der Waals surface area contributed by atoms with Gasteiger partial charge >= 0.3 is 0 Å². The lowest BCUT2D eigenvalue weighted by molar-refractivity contribution is 0.0953. The number of nitrogens with one attached hydrogen (secondary N) is 1. The molecule has 0 unspecified atom stereocenters. The van der Waals surface area contributed by atoms with E-state index in [-0.39, 0.29) is 5.91 Å². The largest absolute Gasteiger partial charge is 0.352 e. The summed E-state index contributed by atoms with van der Waals surface area (Å²) in [5.74, 6) is -0.187. The molecule has 0 saturated heterocycles. The van der Waals surface area contributed by atoms with Crippen LogP contribution in [0.3, 0.4) is 0 Å². The minimum Gasteiger partial charge on any atom is -0.352 e. The van der Waals surface area contributed by atoms with E-state index in [2.05, 4.69) is 5.32 Å². The van der Waals surface area contributed by atoms with Gasteiger partial charge in [-0.2, -0.15) is 0 Å². The van der Waals surface area contributed by atoms with Crippen LogP contribution in [0.4, 0.5) is 0 Å². The van der Waals surface area contributed by atoms with E-state index < -0.39 is 0 Å². The average Bonchev–Trinajstić information content (AvgIpc) is 2.45. The number of rotatable bonds is 5. The molecule has 1 amide bonds.